The van der Waals surface area contributed by atoms with Crippen LogP contribution in [-0.2, 0) is 26.5 Å². The molecule has 48 heavy (non-hydrogen) atoms. The molecule has 0 unspecified atom stereocenters. The van der Waals surface area contributed by atoms with E-state index in [1.807, 2.05) is 18.3 Å². The Labute approximate surface area is 297 Å². The molecule has 0 saturated carbocycles. The number of fused-ring (bicyclic) bond motifs is 4. The molecule has 0 atom stereocenters. The quantitative estimate of drug-likeness (QED) is 0.0995. The number of furan rings is 1. The third kappa shape index (κ3) is 5.45. The Kier molecular flexibility index (Phi) is 8.10. The molecule has 5 aromatic carbocycles. The normalized spacial score (nSPS) is 12.1. The average Bonchev–Trinajstić information content (AvgIpc) is 3.67. The van der Waals surface area contributed by atoms with Gasteiger partial charge in [-0.3, -0.25) is 9.55 Å². The van der Waals surface area contributed by atoms with Crippen molar-refractivity contribution in [3.05, 3.63) is 145 Å². The van der Waals surface area contributed by atoms with Gasteiger partial charge in [0.25, 0.3) is 6.33 Å². The zero-order valence-corrected chi connectivity index (χ0v) is 30.9. The number of nitrogens with zero attached hydrogens (tertiary/aromatic N) is 3. The van der Waals surface area contributed by atoms with Crippen molar-refractivity contribution >= 4 is 51.4 Å². The van der Waals surface area contributed by atoms with Gasteiger partial charge in [-0.15, -0.1) is 6.07 Å². The van der Waals surface area contributed by atoms with Gasteiger partial charge < -0.3 is 8.98 Å². The molecule has 0 radical (unpaired) electrons. The maximum atomic E-state index is 6.25. The van der Waals surface area contributed by atoms with E-state index in [-0.39, 0.29) is 26.5 Å². The van der Waals surface area contributed by atoms with Crippen molar-refractivity contribution in [2.24, 2.45) is 0 Å². The first-order valence-corrected chi connectivity index (χ1v) is 19.1. The van der Waals surface area contributed by atoms with Crippen molar-refractivity contribution in [2.75, 3.05) is 0 Å². The molecule has 0 N–H and O–H groups in total. The fraction of sp³-hybridized carbons (Fsp3) is 0.143. The summed E-state index contributed by atoms with van der Waals surface area (Å²) < 4.78 is 10.5. The standard InChI is InChI=1S/C42H35N3OSi.Pt/c1-42(2,3)29-23-24-43-36(25-29)35-16-6-8-17-37(35)45-28-44(38-18-9-10-19-39(38)45)30-13-12-14-31(26-30)47(4,5)32-21-22-34-33-15-7-11-20-40(33)46-41(34)27-32;/h6-20,22-25,27H,1-5H3;/q-2;. The summed E-state index contributed by atoms with van der Waals surface area (Å²) in [5.74, 6) is 0. The summed E-state index contributed by atoms with van der Waals surface area (Å²) in [7, 11) is -2.20. The van der Waals surface area contributed by atoms with Crippen molar-refractivity contribution in [3.63, 3.8) is 0 Å². The van der Waals surface area contributed by atoms with Gasteiger partial charge in [0, 0.05) is 38.4 Å². The molecule has 6 heteroatoms. The first-order valence-electron chi connectivity index (χ1n) is 16.1. The summed E-state index contributed by atoms with van der Waals surface area (Å²) in [4.78, 5) is 4.81. The molecule has 8 aromatic rings. The number of rotatable bonds is 5. The maximum absolute atomic E-state index is 6.25. The first-order chi connectivity index (χ1) is 22.7. The van der Waals surface area contributed by atoms with E-state index in [1.165, 1.54) is 15.9 Å². The number of benzene rings is 5. The number of imidazole rings is 1. The van der Waals surface area contributed by atoms with Gasteiger partial charge in [0.05, 0.1) is 30.5 Å². The van der Waals surface area contributed by atoms with Gasteiger partial charge in [-0.2, -0.15) is 46.8 Å². The summed E-state index contributed by atoms with van der Waals surface area (Å²) >= 11 is 0. The van der Waals surface area contributed by atoms with Gasteiger partial charge in [0.15, 0.2) is 0 Å². The van der Waals surface area contributed by atoms with E-state index in [0.717, 1.165) is 55.6 Å². The predicted molar refractivity (Wildman–Crippen MR) is 194 cm³/mol. The first kappa shape index (κ1) is 32.0. The van der Waals surface area contributed by atoms with Crippen molar-refractivity contribution in [1.82, 2.24) is 9.55 Å². The van der Waals surface area contributed by atoms with Crippen LogP contribution in [0.5, 0.6) is 0 Å². The van der Waals surface area contributed by atoms with Crippen LogP contribution in [0, 0.1) is 18.5 Å². The molecule has 4 nitrogen and oxygen atoms in total. The Bertz CT molecular complexity index is 2450. The van der Waals surface area contributed by atoms with Crippen LogP contribution in [0.1, 0.15) is 26.3 Å². The van der Waals surface area contributed by atoms with Gasteiger partial charge in [0.2, 0.25) is 0 Å². The van der Waals surface area contributed by atoms with Crippen LogP contribution >= 0.6 is 0 Å². The van der Waals surface area contributed by atoms with E-state index < -0.39 is 8.07 Å². The third-order valence-corrected chi connectivity index (χ3v) is 12.6. The van der Waals surface area contributed by atoms with Crippen molar-refractivity contribution < 1.29 is 30.0 Å². The minimum absolute atomic E-state index is 0. The monoisotopic (exact) mass is 820 g/mol. The Morgan fingerprint density at radius 2 is 1.54 bits per heavy atom. The van der Waals surface area contributed by atoms with Crippen molar-refractivity contribution in [2.45, 2.75) is 39.3 Å². The van der Waals surface area contributed by atoms with E-state index in [1.54, 1.807) is 0 Å². The van der Waals surface area contributed by atoms with Crippen LogP contribution in [0.2, 0.25) is 13.1 Å². The largest absolute Gasteiger partial charge is 0.483 e. The van der Waals surface area contributed by atoms with E-state index in [0.29, 0.717) is 0 Å². The van der Waals surface area contributed by atoms with Gasteiger partial charge >= 0.3 is 0 Å². The summed E-state index contributed by atoms with van der Waals surface area (Å²) in [6.45, 7) is 11.4. The van der Waals surface area contributed by atoms with Crippen LogP contribution in [0.4, 0.5) is 0 Å². The molecule has 240 valence electrons. The minimum Gasteiger partial charge on any atom is -0.483 e. The van der Waals surface area contributed by atoms with Crippen molar-refractivity contribution in [1.29, 1.82) is 0 Å². The second-order valence-corrected chi connectivity index (χ2v) is 18.1. The molecule has 0 aliphatic carbocycles. The Morgan fingerprint density at radius 1 is 0.771 bits per heavy atom. The Balaban J connectivity index is 0.00000364. The molecule has 0 bridgehead atoms. The summed E-state index contributed by atoms with van der Waals surface area (Å²) in [5.41, 5.74) is 9.20. The van der Waals surface area contributed by atoms with Crippen LogP contribution in [0.15, 0.2) is 126 Å². The SMILES string of the molecule is CC(C)(C)c1ccnc(-c2ccccc2-[n+]2[c-]n(-c3[c-]c([Si](C)(C)c4[c-]cc5c(c4)oc4ccccc45)ccc3)c3ccccc32)c1.[Pt]. The van der Waals surface area contributed by atoms with Crippen LogP contribution in [0.3, 0.4) is 0 Å². The molecule has 0 spiro atoms. The second-order valence-electron chi connectivity index (χ2n) is 13.8. The van der Waals surface area contributed by atoms with E-state index >= 15 is 0 Å². The van der Waals surface area contributed by atoms with Crippen LogP contribution < -0.4 is 14.9 Å². The molecule has 0 saturated heterocycles. The molecule has 0 amide bonds. The zero-order chi connectivity index (χ0) is 32.3. The molecule has 0 aliphatic rings. The van der Waals surface area contributed by atoms with E-state index in [4.69, 9.17) is 9.40 Å². The number of aromatic nitrogens is 3. The second kappa shape index (κ2) is 12.1. The summed E-state index contributed by atoms with van der Waals surface area (Å²) in [6, 6.07) is 47.6. The molecule has 0 aliphatic heterocycles. The number of para-hydroxylation sites is 4. The smallest absolute Gasteiger partial charge is 0.268 e. The van der Waals surface area contributed by atoms with Crippen molar-refractivity contribution in [3.8, 4) is 22.6 Å². The topological polar surface area (TPSA) is 34.8 Å². The Morgan fingerprint density at radius 3 is 2.40 bits per heavy atom. The number of hydrogen-bond acceptors (Lipinski definition) is 2. The van der Waals surface area contributed by atoms with Crippen LogP contribution in [-0.4, -0.2) is 17.6 Å². The summed E-state index contributed by atoms with van der Waals surface area (Å²) in [5, 5.41) is 4.61. The van der Waals surface area contributed by atoms with Gasteiger partial charge in [-0.1, -0.05) is 99.9 Å². The third-order valence-electron chi connectivity index (χ3n) is 9.29. The molecular weight excluding hydrogens is 786 g/mol. The van der Waals surface area contributed by atoms with Gasteiger partial charge in [-0.05, 0) is 46.3 Å². The number of hydrogen-bond donors (Lipinski definition) is 0. The molecule has 8 rings (SSSR count). The number of pyridine rings is 1. The van der Waals surface area contributed by atoms with E-state index in [2.05, 4.69) is 165 Å². The molecule has 3 heterocycles. The predicted octanol–water partition coefficient (Wildman–Crippen LogP) is 8.39. The van der Waals surface area contributed by atoms with Crippen LogP contribution in [0.25, 0.3) is 55.6 Å². The average molecular weight is 821 g/mol. The molecular formula is C42H35N3OPtSi-2. The minimum atomic E-state index is -2.20. The Hall–Kier alpha value is -4.57. The fourth-order valence-corrected chi connectivity index (χ4v) is 8.64. The van der Waals surface area contributed by atoms with E-state index in [9.17, 15) is 0 Å². The zero-order valence-electron chi connectivity index (χ0n) is 27.6. The van der Waals surface area contributed by atoms with Gasteiger partial charge in [-0.25, -0.2) is 0 Å². The summed E-state index contributed by atoms with van der Waals surface area (Å²) in [6.07, 6.45) is 5.62. The molecule has 3 aromatic heterocycles. The molecule has 0 fully saturated rings. The maximum Gasteiger partial charge on any atom is 0.268 e. The fourth-order valence-electron chi connectivity index (χ4n) is 6.47. The van der Waals surface area contributed by atoms with Gasteiger partial charge in [0.1, 0.15) is 5.58 Å².